The Hall–Kier alpha value is -1.97. The van der Waals surface area contributed by atoms with Crippen LogP contribution in [0.3, 0.4) is 0 Å². The summed E-state index contributed by atoms with van der Waals surface area (Å²) < 4.78 is 35.8. The first kappa shape index (κ1) is 23.8. The van der Waals surface area contributed by atoms with Crippen molar-refractivity contribution in [3.8, 4) is 0 Å². The second-order valence-corrected chi connectivity index (χ2v) is 13.2. The van der Waals surface area contributed by atoms with Crippen LogP contribution in [-0.4, -0.2) is 60.5 Å². The molecule has 0 radical (unpaired) electrons. The fraction of sp³-hybridized carbons (Fsp3) is 0.680. The standard InChI is InChI=1S/C25H36N4O4S/c1-25(2,3)24-27-21-13-20(6-7-22(21)29(24)16-17-8-10-33-11-9-17)34(31,32)28-14-18(15-28)12-23(30)26-19-4-5-19/h6-7,13,17-19H,4-5,8-12,14-16H2,1-3H3,(H,26,30). The molecule has 0 bridgehead atoms. The summed E-state index contributed by atoms with van der Waals surface area (Å²) in [6.07, 6.45) is 4.57. The second kappa shape index (κ2) is 8.91. The molecule has 34 heavy (non-hydrogen) atoms. The Kier molecular flexibility index (Phi) is 6.23. The van der Waals surface area contributed by atoms with Crippen LogP contribution < -0.4 is 5.32 Å². The van der Waals surface area contributed by atoms with Gasteiger partial charge in [0, 0.05) is 50.7 Å². The fourth-order valence-corrected chi connectivity index (χ4v) is 6.60. The van der Waals surface area contributed by atoms with Gasteiger partial charge >= 0.3 is 0 Å². The van der Waals surface area contributed by atoms with Crippen molar-refractivity contribution >= 4 is 27.0 Å². The minimum absolute atomic E-state index is 0.0377. The van der Waals surface area contributed by atoms with Crippen LogP contribution in [0, 0.1) is 11.8 Å². The molecular formula is C25H36N4O4S. The summed E-state index contributed by atoms with van der Waals surface area (Å²) in [5.41, 5.74) is 1.54. The van der Waals surface area contributed by atoms with Crippen molar-refractivity contribution in [1.82, 2.24) is 19.2 Å². The third kappa shape index (κ3) is 4.88. The number of aromatic nitrogens is 2. The van der Waals surface area contributed by atoms with Gasteiger partial charge in [-0.25, -0.2) is 13.4 Å². The van der Waals surface area contributed by atoms with Crippen LogP contribution in [0.4, 0.5) is 0 Å². The fourth-order valence-electron chi connectivity index (χ4n) is 4.99. The number of fused-ring (bicyclic) bond motifs is 1. The van der Waals surface area contributed by atoms with Gasteiger partial charge in [-0.2, -0.15) is 4.31 Å². The Bertz CT molecular complexity index is 1170. The van der Waals surface area contributed by atoms with Crippen LogP contribution in [0.2, 0.25) is 0 Å². The molecule has 8 nitrogen and oxygen atoms in total. The van der Waals surface area contributed by atoms with Crippen LogP contribution in [0.15, 0.2) is 23.1 Å². The average Bonchev–Trinajstić information content (AvgIpc) is 3.49. The number of hydrogen-bond acceptors (Lipinski definition) is 5. The van der Waals surface area contributed by atoms with Crippen LogP contribution in [-0.2, 0) is 31.5 Å². The summed E-state index contributed by atoms with van der Waals surface area (Å²) in [7, 11) is -3.60. The van der Waals surface area contributed by atoms with Crippen LogP contribution in [0.1, 0.15) is 58.7 Å². The molecule has 9 heteroatoms. The van der Waals surface area contributed by atoms with E-state index in [9.17, 15) is 13.2 Å². The predicted molar refractivity (Wildman–Crippen MR) is 130 cm³/mol. The van der Waals surface area contributed by atoms with Gasteiger partial charge in [-0.1, -0.05) is 20.8 Å². The molecule has 1 aromatic carbocycles. The van der Waals surface area contributed by atoms with E-state index in [1.165, 1.54) is 4.31 Å². The predicted octanol–water partition coefficient (Wildman–Crippen LogP) is 3.05. The zero-order valence-corrected chi connectivity index (χ0v) is 21.2. The van der Waals surface area contributed by atoms with Gasteiger partial charge in [-0.3, -0.25) is 4.79 Å². The molecule has 1 aliphatic carbocycles. The highest BCUT2D eigenvalue weighted by Gasteiger charge is 2.38. The SMILES string of the molecule is CC(C)(C)c1nc2cc(S(=O)(=O)N3CC(CC(=O)NC4CC4)C3)ccc2n1CC1CCOCC1. The third-order valence-electron chi connectivity index (χ3n) is 7.15. The maximum absolute atomic E-state index is 13.3. The van der Waals surface area contributed by atoms with Gasteiger partial charge < -0.3 is 14.6 Å². The van der Waals surface area contributed by atoms with Gasteiger partial charge in [0.1, 0.15) is 5.82 Å². The number of benzene rings is 1. The number of rotatable bonds is 7. The normalized spacial score (nSPS) is 21.0. The molecule has 2 saturated heterocycles. The number of imidazole rings is 1. The third-order valence-corrected chi connectivity index (χ3v) is 8.98. The van der Waals surface area contributed by atoms with Crippen molar-refractivity contribution in [1.29, 1.82) is 0 Å². The van der Waals surface area contributed by atoms with Gasteiger partial charge in [0.05, 0.1) is 15.9 Å². The Morgan fingerprint density at radius 2 is 1.82 bits per heavy atom. The highest BCUT2D eigenvalue weighted by atomic mass is 32.2. The molecule has 2 aliphatic heterocycles. The largest absolute Gasteiger partial charge is 0.381 e. The Morgan fingerprint density at radius 1 is 1.12 bits per heavy atom. The van der Waals surface area contributed by atoms with Crippen molar-refractivity contribution in [2.24, 2.45) is 11.8 Å². The number of nitrogens with one attached hydrogen (secondary N) is 1. The van der Waals surface area contributed by atoms with E-state index in [-0.39, 0.29) is 22.1 Å². The number of ether oxygens (including phenoxy) is 1. The molecule has 3 heterocycles. The van der Waals surface area contributed by atoms with E-state index in [1.54, 1.807) is 12.1 Å². The maximum atomic E-state index is 13.3. The number of hydrogen-bond donors (Lipinski definition) is 1. The van der Waals surface area contributed by atoms with E-state index < -0.39 is 10.0 Å². The summed E-state index contributed by atoms with van der Waals surface area (Å²) in [4.78, 5) is 17.2. The highest BCUT2D eigenvalue weighted by Crippen LogP contribution is 2.33. The summed E-state index contributed by atoms with van der Waals surface area (Å²) in [6.45, 7) is 9.68. The highest BCUT2D eigenvalue weighted by molar-refractivity contribution is 7.89. The maximum Gasteiger partial charge on any atom is 0.243 e. The van der Waals surface area contributed by atoms with Crippen LogP contribution in [0.5, 0.6) is 0 Å². The van der Waals surface area contributed by atoms with E-state index in [1.807, 2.05) is 6.07 Å². The molecule has 0 unspecified atom stereocenters. The number of carbonyl (C=O) groups is 1. The van der Waals surface area contributed by atoms with Gasteiger partial charge in [-0.15, -0.1) is 0 Å². The molecule has 0 atom stereocenters. The van der Waals surface area contributed by atoms with Crippen LogP contribution >= 0.6 is 0 Å². The van der Waals surface area contributed by atoms with Gasteiger partial charge in [0.15, 0.2) is 0 Å². The lowest BCUT2D eigenvalue weighted by Gasteiger charge is -2.37. The first-order valence-electron chi connectivity index (χ1n) is 12.5. The van der Waals surface area contributed by atoms with E-state index >= 15 is 0 Å². The Balaban J connectivity index is 1.34. The summed E-state index contributed by atoms with van der Waals surface area (Å²) in [6, 6.07) is 5.67. The number of amides is 1. The van der Waals surface area contributed by atoms with E-state index in [4.69, 9.17) is 9.72 Å². The zero-order valence-electron chi connectivity index (χ0n) is 20.4. The zero-order chi connectivity index (χ0) is 24.1. The summed E-state index contributed by atoms with van der Waals surface area (Å²) >= 11 is 0. The summed E-state index contributed by atoms with van der Waals surface area (Å²) in [5.74, 6) is 1.64. The average molecular weight is 489 g/mol. The van der Waals surface area contributed by atoms with Crippen molar-refractivity contribution in [2.45, 2.75) is 75.8 Å². The first-order valence-corrected chi connectivity index (χ1v) is 13.9. The van der Waals surface area contributed by atoms with Crippen molar-refractivity contribution in [2.75, 3.05) is 26.3 Å². The van der Waals surface area contributed by atoms with E-state index in [0.29, 0.717) is 31.5 Å². The van der Waals surface area contributed by atoms with Crippen LogP contribution in [0.25, 0.3) is 11.0 Å². The minimum atomic E-state index is -3.60. The number of carbonyl (C=O) groups excluding carboxylic acids is 1. The monoisotopic (exact) mass is 488 g/mol. The van der Waals surface area contributed by atoms with Crippen molar-refractivity contribution < 1.29 is 17.9 Å². The van der Waals surface area contributed by atoms with Gasteiger partial charge in [0.2, 0.25) is 15.9 Å². The molecule has 186 valence electrons. The summed E-state index contributed by atoms with van der Waals surface area (Å²) in [5, 5.41) is 2.98. The second-order valence-electron chi connectivity index (χ2n) is 11.2. The van der Waals surface area contributed by atoms with Crippen molar-refractivity contribution in [3.63, 3.8) is 0 Å². The van der Waals surface area contributed by atoms with Gasteiger partial charge in [-0.05, 0) is 55.7 Å². The Morgan fingerprint density at radius 3 is 2.47 bits per heavy atom. The molecule has 2 aromatic rings. The molecule has 1 aromatic heterocycles. The van der Waals surface area contributed by atoms with Gasteiger partial charge in [0.25, 0.3) is 0 Å². The molecule has 3 fully saturated rings. The number of nitrogens with zero attached hydrogens (tertiary/aromatic N) is 3. The lowest BCUT2D eigenvalue weighted by molar-refractivity contribution is -0.123. The minimum Gasteiger partial charge on any atom is -0.381 e. The smallest absolute Gasteiger partial charge is 0.243 e. The quantitative estimate of drug-likeness (QED) is 0.647. The molecule has 0 spiro atoms. The molecule has 3 aliphatic rings. The molecule has 5 rings (SSSR count). The topological polar surface area (TPSA) is 93.5 Å². The molecule has 1 saturated carbocycles. The van der Waals surface area contributed by atoms with E-state index in [2.05, 4.69) is 30.7 Å². The Labute approximate surface area is 202 Å². The van der Waals surface area contributed by atoms with Crippen molar-refractivity contribution in [3.05, 3.63) is 24.0 Å². The molecular weight excluding hydrogens is 452 g/mol. The van der Waals surface area contributed by atoms with E-state index in [0.717, 1.165) is 62.3 Å². The molecule has 1 amide bonds. The lowest BCUT2D eigenvalue weighted by Crippen LogP contribution is -2.51. The number of sulfonamides is 1. The molecule has 1 N–H and O–H groups in total. The lowest BCUT2D eigenvalue weighted by atomic mass is 9.94. The first-order chi connectivity index (χ1) is 16.1.